The predicted molar refractivity (Wildman–Crippen MR) is 183 cm³/mol. The molecule has 2 atom stereocenters. The molecule has 1 unspecified atom stereocenters. The summed E-state index contributed by atoms with van der Waals surface area (Å²) in [4.78, 5) is 37.2. The van der Waals surface area contributed by atoms with Crippen LogP contribution in [0, 0.1) is 11.8 Å². The molecule has 0 heterocycles. The highest BCUT2D eigenvalue weighted by molar-refractivity contribution is 5.71. The van der Waals surface area contributed by atoms with Gasteiger partial charge in [-0.1, -0.05) is 157 Å². The molecule has 0 saturated carbocycles. The Morgan fingerprint density at radius 2 is 0.864 bits per heavy atom. The lowest BCUT2D eigenvalue weighted by molar-refractivity contribution is -0.167. The van der Waals surface area contributed by atoms with Gasteiger partial charge >= 0.3 is 17.9 Å². The van der Waals surface area contributed by atoms with Gasteiger partial charge < -0.3 is 14.2 Å². The van der Waals surface area contributed by atoms with E-state index < -0.39 is 6.10 Å². The zero-order valence-corrected chi connectivity index (χ0v) is 29.8. The Morgan fingerprint density at radius 3 is 1.30 bits per heavy atom. The van der Waals surface area contributed by atoms with E-state index in [9.17, 15) is 14.4 Å². The highest BCUT2D eigenvalue weighted by Crippen LogP contribution is 2.16. The van der Waals surface area contributed by atoms with Crippen molar-refractivity contribution in [2.75, 3.05) is 13.2 Å². The first-order valence-electron chi connectivity index (χ1n) is 18.8. The summed E-state index contributed by atoms with van der Waals surface area (Å²) in [5.74, 6) is 0.695. The van der Waals surface area contributed by atoms with Crippen LogP contribution in [0.4, 0.5) is 0 Å². The van der Waals surface area contributed by atoms with Crippen LogP contribution in [0.25, 0.3) is 0 Å². The van der Waals surface area contributed by atoms with Crippen LogP contribution in [-0.4, -0.2) is 37.2 Å². The summed E-state index contributed by atoms with van der Waals surface area (Å²) in [5.41, 5.74) is 0. The molecule has 0 amide bonds. The molecule has 0 fully saturated rings. The van der Waals surface area contributed by atoms with Gasteiger partial charge in [0.15, 0.2) is 6.10 Å². The first-order chi connectivity index (χ1) is 21.3. The van der Waals surface area contributed by atoms with E-state index >= 15 is 0 Å². The SMILES string of the molecule is CCCCCCCCCC(=O)O[C@@H](COC(=O)CCCCCCCCC(C)C)COC(=O)CCCCCCCCC(C)CC. The fourth-order valence-corrected chi connectivity index (χ4v) is 5.31. The molecule has 0 aliphatic heterocycles. The molecule has 0 aromatic heterocycles. The molecule has 0 spiro atoms. The third-order valence-corrected chi connectivity index (χ3v) is 8.58. The van der Waals surface area contributed by atoms with Gasteiger partial charge in [-0.2, -0.15) is 0 Å². The van der Waals surface area contributed by atoms with Crippen molar-refractivity contribution in [3.8, 4) is 0 Å². The molecule has 260 valence electrons. The summed E-state index contributed by atoms with van der Waals surface area (Å²) in [6, 6.07) is 0. The normalized spacial score (nSPS) is 12.7. The maximum atomic E-state index is 12.5. The summed E-state index contributed by atoms with van der Waals surface area (Å²) in [6.45, 7) is 11.2. The van der Waals surface area contributed by atoms with Gasteiger partial charge in [0, 0.05) is 19.3 Å². The fourth-order valence-electron chi connectivity index (χ4n) is 5.31. The van der Waals surface area contributed by atoms with Crippen LogP contribution in [0.2, 0.25) is 0 Å². The predicted octanol–water partition coefficient (Wildman–Crippen LogP) is 11.1. The molecule has 6 nitrogen and oxygen atoms in total. The number of rotatable bonds is 32. The average molecular weight is 625 g/mol. The van der Waals surface area contributed by atoms with E-state index in [2.05, 4.69) is 34.6 Å². The molecule has 0 aromatic carbocycles. The van der Waals surface area contributed by atoms with Crippen LogP contribution in [0.5, 0.6) is 0 Å². The van der Waals surface area contributed by atoms with Crippen molar-refractivity contribution >= 4 is 17.9 Å². The second kappa shape index (κ2) is 31.4. The van der Waals surface area contributed by atoms with Crippen LogP contribution in [0.3, 0.4) is 0 Å². The van der Waals surface area contributed by atoms with Gasteiger partial charge in [-0.15, -0.1) is 0 Å². The lowest BCUT2D eigenvalue weighted by Crippen LogP contribution is -2.30. The van der Waals surface area contributed by atoms with Crippen molar-refractivity contribution in [3.63, 3.8) is 0 Å². The van der Waals surface area contributed by atoms with Gasteiger partial charge in [0.1, 0.15) is 13.2 Å². The minimum Gasteiger partial charge on any atom is -0.462 e. The van der Waals surface area contributed by atoms with E-state index in [1.165, 1.54) is 83.5 Å². The van der Waals surface area contributed by atoms with Crippen molar-refractivity contribution in [1.29, 1.82) is 0 Å². The van der Waals surface area contributed by atoms with Crippen molar-refractivity contribution in [2.24, 2.45) is 11.8 Å². The van der Waals surface area contributed by atoms with Crippen LogP contribution in [0.15, 0.2) is 0 Å². The van der Waals surface area contributed by atoms with E-state index in [1.54, 1.807) is 0 Å². The molecule has 0 rings (SSSR count). The maximum absolute atomic E-state index is 12.5. The van der Waals surface area contributed by atoms with Gasteiger partial charge in [0.2, 0.25) is 0 Å². The molecule has 44 heavy (non-hydrogen) atoms. The van der Waals surface area contributed by atoms with E-state index in [1.807, 2.05) is 0 Å². The monoisotopic (exact) mass is 625 g/mol. The summed E-state index contributed by atoms with van der Waals surface area (Å²) < 4.78 is 16.5. The summed E-state index contributed by atoms with van der Waals surface area (Å²) in [7, 11) is 0. The molecule has 0 bridgehead atoms. The van der Waals surface area contributed by atoms with E-state index in [0.29, 0.717) is 19.3 Å². The molecule has 0 aromatic rings. The number of ether oxygens (including phenoxy) is 3. The quantitative estimate of drug-likeness (QED) is 0.0421. The molecule has 0 saturated heterocycles. The lowest BCUT2D eigenvalue weighted by Gasteiger charge is -2.18. The number of carbonyl (C=O) groups is 3. The number of carbonyl (C=O) groups excluding carboxylic acids is 3. The van der Waals surface area contributed by atoms with Gasteiger partial charge in [-0.3, -0.25) is 14.4 Å². The second-order valence-corrected chi connectivity index (χ2v) is 13.6. The summed E-state index contributed by atoms with van der Waals surface area (Å²) in [5, 5.41) is 0. The first-order valence-corrected chi connectivity index (χ1v) is 18.8. The number of unbranched alkanes of at least 4 members (excludes halogenated alkanes) is 16. The van der Waals surface area contributed by atoms with Crippen LogP contribution >= 0.6 is 0 Å². The third-order valence-electron chi connectivity index (χ3n) is 8.58. The number of esters is 3. The third kappa shape index (κ3) is 30.4. The molecule has 0 aliphatic rings. The van der Waals surface area contributed by atoms with Gasteiger partial charge in [0.05, 0.1) is 0 Å². The Balaban J connectivity index is 4.36. The van der Waals surface area contributed by atoms with Crippen LogP contribution in [0.1, 0.15) is 195 Å². The van der Waals surface area contributed by atoms with E-state index in [0.717, 1.165) is 69.6 Å². The smallest absolute Gasteiger partial charge is 0.306 e. The molecule has 6 heteroatoms. The Morgan fingerprint density at radius 1 is 0.477 bits per heavy atom. The number of hydrogen-bond donors (Lipinski definition) is 0. The lowest BCUT2D eigenvalue weighted by atomic mass is 10.00. The Kier molecular flexibility index (Phi) is 30.3. The Labute approximate surface area is 272 Å². The average Bonchev–Trinajstić information content (AvgIpc) is 3.00. The Hall–Kier alpha value is -1.59. The van der Waals surface area contributed by atoms with E-state index in [-0.39, 0.29) is 31.1 Å². The zero-order chi connectivity index (χ0) is 32.7. The highest BCUT2D eigenvalue weighted by Gasteiger charge is 2.19. The van der Waals surface area contributed by atoms with Crippen LogP contribution < -0.4 is 0 Å². The molecular formula is C38H72O6. The van der Waals surface area contributed by atoms with Crippen LogP contribution in [-0.2, 0) is 28.6 Å². The largest absolute Gasteiger partial charge is 0.462 e. The van der Waals surface area contributed by atoms with Gasteiger partial charge in [-0.25, -0.2) is 0 Å². The topological polar surface area (TPSA) is 78.9 Å². The first kappa shape index (κ1) is 42.4. The van der Waals surface area contributed by atoms with Gasteiger partial charge in [0.25, 0.3) is 0 Å². The highest BCUT2D eigenvalue weighted by atomic mass is 16.6. The van der Waals surface area contributed by atoms with E-state index in [4.69, 9.17) is 14.2 Å². The van der Waals surface area contributed by atoms with Crippen molar-refractivity contribution in [2.45, 2.75) is 201 Å². The molecule has 0 radical (unpaired) electrons. The minimum absolute atomic E-state index is 0.0686. The van der Waals surface area contributed by atoms with Crippen molar-refractivity contribution in [1.82, 2.24) is 0 Å². The summed E-state index contributed by atoms with van der Waals surface area (Å²) in [6.07, 6.45) is 25.4. The Bertz CT molecular complexity index is 676. The van der Waals surface area contributed by atoms with Crippen molar-refractivity contribution in [3.05, 3.63) is 0 Å². The zero-order valence-electron chi connectivity index (χ0n) is 29.8. The molecular weight excluding hydrogens is 552 g/mol. The standard InChI is InChI=1S/C38H72O6/c1-6-8-9-10-11-20-25-30-38(41)44-35(31-42-36(39)28-23-18-14-12-16-21-26-33(3)4)32-43-37(40)29-24-19-15-13-17-22-27-34(5)7-2/h33-35H,6-32H2,1-5H3/t34?,35-/m0/s1. The fraction of sp³-hybridized carbons (Fsp3) is 0.921. The number of hydrogen-bond acceptors (Lipinski definition) is 6. The van der Waals surface area contributed by atoms with Crippen molar-refractivity contribution < 1.29 is 28.6 Å². The van der Waals surface area contributed by atoms with Gasteiger partial charge in [-0.05, 0) is 31.1 Å². The summed E-state index contributed by atoms with van der Waals surface area (Å²) >= 11 is 0. The minimum atomic E-state index is -0.758. The molecule has 0 aliphatic carbocycles. The maximum Gasteiger partial charge on any atom is 0.306 e. The second-order valence-electron chi connectivity index (χ2n) is 13.6. The molecule has 0 N–H and O–H groups in total.